The predicted molar refractivity (Wildman–Crippen MR) is 99.3 cm³/mol. The number of rotatable bonds is 8. The Morgan fingerprint density at radius 1 is 1.33 bits per heavy atom. The third kappa shape index (κ3) is 4.53. The molecule has 3 atom stereocenters. The Morgan fingerprint density at radius 2 is 2.00 bits per heavy atom. The summed E-state index contributed by atoms with van der Waals surface area (Å²) in [7, 11) is 0. The highest BCUT2D eigenvalue weighted by molar-refractivity contribution is 5.92. The van der Waals surface area contributed by atoms with Crippen LogP contribution in [0.15, 0.2) is 35.6 Å². The molecule has 1 aromatic rings. The van der Waals surface area contributed by atoms with Crippen LogP contribution in [0.2, 0.25) is 0 Å². The highest BCUT2D eigenvalue weighted by atomic mass is 16.6. The number of carbonyl (C=O) groups is 2. The van der Waals surface area contributed by atoms with Crippen molar-refractivity contribution in [2.75, 3.05) is 6.61 Å². The van der Waals surface area contributed by atoms with Crippen LogP contribution in [0.25, 0.3) is 0 Å². The van der Waals surface area contributed by atoms with Gasteiger partial charge in [-0.2, -0.15) is 0 Å². The molecule has 0 aliphatic heterocycles. The number of nitrogens with zero attached hydrogens (tertiary/aromatic N) is 1. The van der Waals surface area contributed by atoms with E-state index in [9.17, 15) is 24.8 Å². The molecular formula is C20H25NO6. The van der Waals surface area contributed by atoms with Gasteiger partial charge in [-0.25, -0.2) is 4.79 Å². The van der Waals surface area contributed by atoms with Crippen molar-refractivity contribution in [2.45, 2.75) is 45.4 Å². The number of aliphatic hydroxyl groups excluding tert-OH is 1. The maximum atomic E-state index is 12.5. The number of nitro groups is 1. The lowest BCUT2D eigenvalue weighted by molar-refractivity contribution is -0.384. The van der Waals surface area contributed by atoms with E-state index in [-0.39, 0.29) is 36.0 Å². The molecule has 0 bridgehead atoms. The molecule has 0 saturated carbocycles. The summed E-state index contributed by atoms with van der Waals surface area (Å²) >= 11 is 0. The molecule has 1 aromatic carbocycles. The summed E-state index contributed by atoms with van der Waals surface area (Å²) in [5.41, 5.74) is 0.578. The van der Waals surface area contributed by atoms with E-state index >= 15 is 0 Å². The molecule has 0 unspecified atom stereocenters. The minimum Gasteiger partial charge on any atom is -0.512 e. The number of hydrogen-bond acceptors (Lipinski definition) is 6. The number of esters is 1. The van der Waals surface area contributed by atoms with Crippen molar-refractivity contribution in [3.05, 3.63) is 51.3 Å². The van der Waals surface area contributed by atoms with Gasteiger partial charge in [0.05, 0.1) is 17.1 Å². The van der Waals surface area contributed by atoms with Gasteiger partial charge < -0.3 is 14.6 Å². The van der Waals surface area contributed by atoms with Gasteiger partial charge in [0.1, 0.15) is 12.0 Å². The van der Waals surface area contributed by atoms with E-state index in [1.54, 1.807) is 6.92 Å². The first-order chi connectivity index (χ1) is 12.9. The molecule has 0 heterocycles. The van der Waals surface area contributed by atoms with Gasteiger partial charge in [-0.15, -0.1) is 0 Å². The van der Waals surface area contributed by atoms with Crippen molar-refractivity contribution in [1.29, 1.82) is 0 Å². The Balaban J connectivity index is 2.52. The van der Waals surface area contributed by atoms with Gasteiger partial charge in [0, 0.05) is 30.4 Å². The second-order valence-corrected chi connectivity index (χ2v) is 6.73. The van der Waals surface area contributed by atoms with E-state index in [0.717, 1.165) is 25.5 Å². The van der Waals surface area contributed by atoms with E-state index in [4.69, 9.17) is 4.74 Å². The molecule has 0 radical (unpaired) electrons. The molecule has 0 amide bonds. The number of aliphatic hydroxyl groups is 1. The van der Waals surface area contributed by atoms with Gasteiger partial charge in [0.15, 0.2) is 0 Å². The van der Waals surface area contributed by atoms with Gasteiger partial charge in [0.2, 0.25) is 0 Å². The molecule has 1 aliphatic carbocycles. The number of non-ortho nitro benzene ring substituents is 1. The summed E-state index contributed by atoms with van der Waals surface area (Å²) < 4.78 is 5.09. The summed E-state index contributed by atoms with van der Waals surface area (Å²) in [5, 5.41) is 21.5. The van der Waals surface area contributed by atoms with E-state index in [0.29, 0.717) is 5.56 Å². The van der Waals surface area contributed by atoms with Crippen molar-refractivity contribution in [3.63, 3.8) is 0 Å². The standard InChI is InChI=1S/C20H25NO6/c1-3-5-6-14-11-17(23)19(20(24)27-4-2)18(16(14)12-22)13-7-9-15(10-8-13)21(25)26/h7-10,12,14,16,18,23H,3-6,11H2,1-2H3/t14-,16+,18-/m1/s1. The van der Waals surface area contributed by atoms with E-state index in [1.165, 1.54) is 24.3 Å². The Bertz CT molecular complexity index is 724. The van der Waals surface area contributed by atoms with Crippen LogP contribution in [-0.2, 0) is 14.3 Å². The third-order valence-corrected chi connectivity index (χ3v) is 5.05. The van der Waals surface area contributed by atoms with Crippen molar-refractivity contribution in [1.82, 2.24) is 0 Å². The molecule has 2 rings (SSSR count). The third-order valence-electron chi connectivity index (χ3n) is 5.05. The minimum atomic E-state index is -0.682. The largest absolute Gasteiger partial charge is 0.512 e. The Morgan fingerprint density at radius 3 is 2.52 bits per heavy atom. The van der Waals surface area contributed by atoms with Crippen molar-refractivity contribution >= 4 is 17.9 Å². The maximum Gasteiger partial charge on any atom is 0.338 e. The minimum absolute atomic E-state index is 0.0593. The molecule has 1 N–H and O–H groups in total. The molecular weight excluding hydrogens is 350 g/mol. The van der Waals surface area contributed by atoms with Crippen LogP contribution in [0.4, 0.5) is 5.69 Å². The number of unbranched alkanes of at least 4 members (excludes halogenated alkanes) is 1. The van der Waals surface area contributed by atoms with Crippen molar-refractivity contribution < 1.29 is 24.4 Å². The summed E-state index contributed by atoms with van der Waals surface area (Å²) in [6.45, 7) is 3.86. The molecule has 0 saturated heterocycles. The summed E-state index contributed by atoms with van der Waals surface area (Å²) in [4.78, 5) is 34.9. The molecule has 146 valence electrons. The molecule has 7 heteroatoms. The number of nitro benzene ring substituents is 1. The fraction of sp³-hybridized carbons (Fsp3) is 0.500. The maximum absolute atomic E-state index is 12.5. The predicted octanol–water partition coefficient (Wildman–Crippen LogP) is 4.08. The second-order valence-electron chi connectivity index (χ2n) is 6.73. The zero-order valence-corrected chi connectivity index (χ0v) is 15.6. The van der Waals surface area contributed by atoms with Crippen LogP contribution in [0, 0.1) is 22.0 Å². The molecule has 0 spiro atoms. The molecule has 1 aliphatic rings. The lowest BCUT2D eigenvalue weighted by atomic mass is 9.67. The summed E-state index contributed by atoms with van der Waals surface area (Å²) in [5.74, 6) is -2.00. The van der Waals surface area contributed by atoms with Crippen LogP contribution in [0.5, 0.6) is 0 Å². The summed E-state index contributed by atoms with van der Waals surface area (Å²) in [6, 6.07) is 5.75. The number of ether oxygens (including phenoxy) is 1. The van der Waals surface area contributed by atoms with Crippen LogP contribution in [-0.4, -0.2) is 28.9 Å². The van der Waals surface area contributed by atoms with Crippen LogP contribution in [0.3, 0.4) is 0 Å². The Kier molecular flexibility index (Phi) is 7.10. The fourth-order valence-electron chi connectivity index (χ4n) is 3.73. The topological polar surface area (TPSA) is 107 Å². The van der Waals surface area contributed by atoms with Gasteiger partial charge in [-0.1, -0.05) is 31.9 Å². The van der Waals surface area contributed by atoms with E-state index in [2.05, 4.69) is 0 Å². The van der Waals surface area contributed by atoms with Crippen LogP contribution in [0.1, 0.15) is 51.0 Å². The Hall–Kier alpha value is -2.70. The average molecular weight is 375 g/mol. The number of allylic oxidation sites excluding steroid dienone is 1. The lowest BCUT2D eigenvalue weighted by Crippen LogP contribution is -2.34. The first-order valence-electron chi connectivity index (χ1n) is 9.23. The van der Waals surface area contributed by atoms with Crippen molar-refractivity contribution in [3.8, 4) is 0 Å². The van der Waals surface area contributed by atoms with E-state index in [1.807, 2.05) is 6.92 Å². The number of aldehydes is 1. The first kappa shape index (κ1) is 20.6. The number of carbonyl (C=O) groups excluding carboxylic acids is 2. The lowest BCUT2D eigenvalue weighted by Gasteiger charge is -2.36. The SMILES string of the molecule is CCCC[C@@H]1CC(O)=C(C(=O)OCC)[C@H](c2ccc([N+](=O)[O-])cc2)[C@H]1C=O. The number of hydrogen-bond donors (Lipinski definition) is 1. The van der Waals surface area contributed by atoms with Gasteiger partial charge in [0.25, 0.3) is 5.69 Å². The molecule has 27 heavy (non-hydrogen) atoms. The van der Waals surface area contributed by atoms with Crippen molar-refractivity contribution in [2.24, 2.45) is 11.8 Å². The van der Waals surface area contributed by atoms with Crippen LogP contribution >= 0.6 is 0 Å². The molecule has 7 nitrogen and oxygen atoms in total. The monoisotopic (exact) mass is 375 g/mol. The van der Waals surface area contributed by atoms with Crippen LogP contribution < -0.4 is 0 Å². The zero-order valence-electron chi connectivity index (χ0n) is 15.6. The Labute approximate surface area is 158 Å². The molecule has 0 fully saturated rings. The normalized spacial score (nSPS) is 22.4. The smallest absolute Gasteiger partial charge is 0.338 e. The first-order valence-corrected chi connectivity index (χ1v) is 9.23. The van der Waals surface area contributed by atoms with Gasteiger partial charge >= 0.3 is 5.97 Å². The average Bonchev–Trinajstić information content (AvgIpc) is 2.65. The zero-order chi connectivity index (χ0) is 20.0. The fourth-order valence-corrected chi connectivity index (χ4v) is 3.73. The highest BCUT2D eigenvalue weighted by Gasteiger charge is 2.42. The van der Waals surface area contributed by atoms with E-state index < -0.39 is 22.7 Å². The molecule has 0 aromatic heterocycles. The quantitative estimate of drug-likeness (QED) is 0.317. The highest BCUT2D eigenvalue weighted by Crippen LogP contribution is 2.45. The van der Waals surface area contributed by atoms with Gasteiger partial charge in [-0.05, 0) is 24.8 Å². The summed E-state index contributed by atoms with van der Waals surface area (Å²) in [6.07, 6.45) is 3.70. The number of benzene rings is 1. The van der Waals surface area contributed by atoms with Gasteiger partial charge in [-0.3, -0.25) is 10.1 Å². The second kappa shape index (κ2) is 9.30.